The lowest BCUT2D eigenvalue weighted by Gasteiger charge is -2.26. The van der Waals surface area contributed by atoms with Crippen molar-refractivity contribution in [2.24, 2.45) is 5.92 Å². The first-order chi connectivity index (χ1) is 14.3. The lowest BCUT2D eigenvalue weighted by Crippen LogP contribution is -2.37. The summed E-state index contributed by atoms with van der Waals surface area (Å²) >= 11 is 0. The van der Waals surface area contributed by atoms with E-state index in [-0.39, 0.29) is 24.2 Å². The molecular formula is C22H26N2O5S. The van der Waals surface area contributed by atoms with E-state index in [1.807, 2.05) is 30.3 Å². The number of ether oxygens (including phenoxy) is 1. The highest BCUT2D eigenvalue weighted by Gasteiger charge is 2.29. The van der Waals surface area contributed by atoms with Gasteiger partial charge in [-0.3, -0.25) is 13.9 Å². The van der Waals surface area contributed by atoms with Gasteiger partial charge < -0.3 is 9.64 Å². The van der Waals surface area contributed by atoms with E-state index in [1.54, 1.807) is 36.1 Å². The molecule has 0 radical (unpaired) electrons. The van der Waals surface area contributed by atoms with E-state index in [4.69, 9.17) is 4.74 Å². The van der Waals surface area contributed by atoms with E-state index >= 15 is 0 Å². The molecule has 7 nitrogen and oxygen atoms in total. The lowest BCUT2D eigenvalue weighted by atomic mass is 10.1. The van der Waals surface area contributed by atoms with Crippen LogP contribution in [0.3, 0.4) is 0 Å². The Morgan fingerprint density at radius 1 is 1.10 bits per heavy atom. The van der Waals surface area contributed by atoms with Crippen LogP contribution in [0.5, 0.6) is 0 Å². The number of carbonyl (C=O) groups excluding carboxylic acids is 2. The van der Waals surface area contributed by atoms with Crippen molar-refractivity contribution in [1.29, 1.82) is 0 Å². The molecular weight excluding hydrogens is 404 g/mol. The topological polar surface area (TPSA) is 84.0 Å². The summed E-state index contributed by atoms with van der Waals surface area (Å²) in [6.07, 6.45) is 0.597. The predicted molar refractivity (Wildman–Crippen MR) is 115 cm³/mol. The maximum absolute atomic E-state index is 13.2. The van der Waals surface area contributed by atoms with Crippen LogP contribution in [0.1, 0.15) is 29.3 Å². The molecule has 1 fully saturated rings. The highest BCUT2D eigenvalue weighted by atomic mass is 32.2. The minimum Gasteiger partial charge on any atom is -0.469 e. The van der Waals surface area contributed by atoms with E-state index in [2.05, 4.69) is 0 Å². The van der Waals surface area contributed by atoms with E-state index in [1.165, 1.54) is 11.4 Å². The Morgan fingerprint density at radius 2 is 1.77 bits per heavy atom. The monoisotopic (exact) mass is 430 g/mol. The van der Waals surface area contributed by atoms with Gasteiger partial charge >= 0.3 is 5.97 Å². The van der Waals surface area contributed by atoms with Crippen LogP contribution in [-0.2, 0) is 26.1 Å². The maximum Gasteiger partial charge on any atom is 0.310 e. The van der Waals surface area contributed by atoms with Gasteiger partial charge in [0, 0.05) is 25.2 Å². The largest absolute Gasteiger partial charge is 0.469 e. The van der Waals surface area contributed by atoms with Crippen molar-refractivity contribution < 1.29 is 22.7 Å². The third-order valence-corrected chi connectivity index (χ3v) is 6.97. The molecule has 0 spiro atoms. The minimum absolute atomic E-state index is 0.143. The van der Waals surface area contributed by atoms with Gasteiger partial charge in [0.05, 0.1) is 24.5 Å². The number of methoxy groups -OCH3 is 1. The Bertz CT molecular complexity index is 990. The summed E-state index contributed by atoms with van der Waals surface area (Å²) in [4.78, 5) is 26.7. The summed E-state index contributed by atoms with van der Waals surface area (Å²) in [5.74, 6) is -0.943. The van der Waals surface area contributed by atoms with Crippen LogP contribution in [-0.4, -0.2) is 51.1 Å². The average Bonchev–Trinajstić information content (AvgIpc) is 3.11. The van der Waals surface area contributed by atoms with Crippen LogP contribution >= 0.6 is 0 Å². The molecule has 0 saturated carbocycles. The smallest absolute Gasteiger partial charge is 0.310 e. The molecule has 0 N–H and O–H groups in total. The average molecular weight is 431 g/mol. The number of anilines is 1. The van der Waals surface area contributed by atoms with E-state index in [0.717, 1.165) is 5.56 Å². The number of rotatable bonds is 7. The van der Waals surface area contributed by atoms with Crippen molar-refractivity contribution in [2.75, 3.05) is 30.3 Å². The van der Waals surface area contributed by atoms with E-state index in [0.29, 0.717) is 30.8 Å². The number of sulfonamides is 1. The third-order valence-electron chi connectivity index (χ3n) is 5.10. The second kappa shape index (κ2) is 9.30. The van der Waals surface area contributed by atoms with Crippen LogP contribution in [0.25, 0.3) is 0 Å². The molecule has 0 aliphatic carbocycles. The molecule has 0 bridgehead atoms. The summed E-state index contributed by atoms with van der Waals surface area (Å²) < 4.78 is 30.4. The second-order valence-electron chi connectivity index (χ2n) is 7.38. The second-order valence-corrected chi connectivity index (χ2v) is 9.40. The molecule has 3 rings (SSSR count). The van der Waals surface area contributed by atoms with E-state index in [9.17, 15) is 18.0 Å². The Kier molecular flexibility index (Phi) is 6.77. The number of esters is 1. The first kappa shape index (κ1) is 21.8. The molecule has 2 aromatic rings. The fraction of sp³-hybridized carbons (Fsp3) is 0.364. The van der Waals surface area contributed by atoms with Crippen LogP contribution in [0.15, 0.2) is 54.6 Å². The predicted octanol–water partition coefficient (Wildman–Crippen LogP) is 2.68. The molecule has 1 amide bonds. The molecule has 160 valence electrons. The van der Waals surface area contributed by atoms with Crippen molar-refractivity contribution in [2.45, 2.75) is 19.9 Å². The minimum atomic E-state index is -3.27. The zero-order valence-corrected chi connectivity index (χ0v) is 18.0. The van der Waals surface area contributed by atoms with Crippen molar-refractivity contribution >= 4 is 27.6 Å². The summed E-state index contributed by atoms with van der Waals surface area (Å²) in [6, 6.07) is 16.1. The van der Waals surface area contributed by atoms with Crippen molar-refractivity contribution in [3.8, 4) is 0 Å². The molecule has 8 heteroatoms. The Hall–Kier alpha value is -2.87. The van der Waals surface area contributed by atoms with Crippen molar-refractivity contribution in [3.63, 3.8) is 0 Å². The summed E-state index contributed by atoms with van der Waals surface area (Å²) in [7, 11) is -1.95. The van der Waals surface area contributed by atoms with E-state index < -0.39 is 15.9 Å². The highest BCUT2D eigenvalue weighted by Crippen LogP contribution is 2.25. The molecule has 1 atom stereocenters. The SMILES string of the molecule is COC(=O)C(C)CN(Cc1ccccc1)C(=O)c1ccc(N2CCCS2(=O)=O)cc1. The molecule has 1 aliphatic rings. The molecule has 1 unspecified atom stereocenters. The van der Waals surface area contributed by atoms with Crippen LogP contribution in [0.2, 0.25) is 0 Å². The Labute approximate surface area is 177 Å². The summed E-state index contributed by atoms with van der Waals surface area (Å²) in [5, 5.41) is 0. The van der Waals surface area contributed by atoms with Gasteiger partial charge in [-0.2, -0.15) is 0 Å². The zero-order valence-electron chi connectivity index (χ0n) is 17.2. The van der Waals surface area contributed by atoms with Gasteiger partial charge in [0.2, 0.25) is 10.0 Å². The van der Waals surface area contributed by atoms with Gasteiger partial charge in [0.15, 0.2) is 0 Å². The lowest BCUT2D eigenvalue weighted by molar-refractivity contribution is -0.145. The molecule has 0 aromatic heterocycles. The normalized spacial score (nSPS) is 16.1. The van der Waals surface area contributed by atoms with Gasteiger partial charge in [0.1, 0.15) is 0 Å². The summed E-state index contributed by atoms with van der Waals surface area (Å²) in [5.41, 5.74) is 1.94. The molecule has 2 aromatic carbocycles. The number of nitrogens with zero attached hydrogens (tertiary/aromatic N) is 2. The van der Waals surface area contributed by atoms with Gasteiger partial charge in [-0.15, -0.1) is 0 Å². The number of hydrogen-bond donors (Lipinski definition) is 0. The Morgan fingerprint density at radius 3 is 2.33 bits per heavy atom. The molecule has 1 heterocycles. The van der Waals surface area contributed by atoms with Gasteiger partial charge in [-0.25, -0.2) is 8.42 Å². The van der Waals surface area contributed by atoms with Gasteiger partial charge in [-0.05, 0) is 36.2 Å². The van der Waals surface area contributed by atoms with Crippen LogP contribution in [0, 0.1) is 5.92 Å². The fourth-order valence-corrected chi connectivity index (χ4v) is 5.08. The molecule has 1 aliphatic heterocycles. The number of carbonyl (C=O) groups is 2. The third kappa shape index (κ3) is 4.99. The Balaban J connectivity index is 1.81. The number of benzene rings is 2. The quantitative estimate of drug-likeness (QED) is 0.631. The van der Waals surface area contributed by atoms with Gasteiger partial charge in [-0.1, -0.05) is 37.3 Å². The summed E-state index contributed by atoms with van der Waals surface area (Å²) in [6.45, 7) is 2.73. The molecule has 1 saturated heterocycles. The standard InChI is InChI=1S/C22H26N2O5S/c1-17(22(26)29-2)15-23(16-18-7-4-3-5-8-18)21(25)19-9-11-20(12-10-19)24-13-6-14-30(24,27)28/h3-5,7-12,17H,6,13-16H2,1-2H3. The van der Waals surface area contributed by atoms with Gasteiger partial charge in [0.25, 0.3) is 5.91 Å². The zero-order chi connectivity index (χ0) is 21.7. The number of hydrogen-bond acceptors (Lipinski definition) is 5. The number of amides is 1. The maximum atomic E-state index is 13.2. The van der Waals surface area contributed by atoms with Crippen LogP contribution in [0.4, 0.5) is 5.69 Å². The first-order valence-corrected chi connectivity index (χ1v) is 11.4. The van der Waals surface area contributed by atoms with Crippen molar-refractivity contribution in [1.82, 2.24) is 4.90 Å². The molecule has 30 heavy (non-hydrogen) atoms. The highest BCUT2D eigenvalue weighted by molar-refractivity contribution is 7.93. The van der Waals surface area contributed by atoms with Crippen LogP contribution < -0.4 is 4.31 Å². The first-order valence-electron chi connectivity index (χ1n) is 9.83. The van der Waals surface area contributed by atoms with Crippen molar-refractivity contribution in [3.05, 3.63) is 65.7 Å². The fourth-order valence-electron chi connectivity index (χ4n) is 3.51.